The summed E-state index contributed by atoms with van der Waals surface area (Å²) in [5.41, 5.74) is 1.02. The Morgan fingerprint density at radius 3 is 2.92 bits per heavy atom. The lowest BCUT2D eigenvalue weighted by molar-refractivity contribution is 0.0705. The number of hydrogen-bond donors (Lipinski definition) is 0. The summed E-state index contributed by atoms with van der Waals surface area (Å²) in [6.07, 6.45) is 3.51. The molecule has 0 bridgehead atoms. The van der Waals surface area contributed by atoms with Crippen molar-refractivity contribution >= 4 is 17.2 Å². The minimum absolute atomic E-state index is 0.207. The van der Waals surface area contributed by atoms with Crippen LogP contribution in [0.5, 0.6) is 0 Å². The molecule has 1 aliphatic rings. The largest absolute Gasteiger partial charge is 0.329 e. The van der Waals surface area contributed by atoms with Crippen LogP contribution in [0.25, 0.3) is 10.6 Å². The first-order valence-corrected chi connectivity index (χ1v) is 8.56. The van der Waals surface area contributed by atoms with Crippen LogP contribution < -0.4 is 5.56 Å². The van der Waals surface area contributed by atoms with Gasteiger partial charge in [-0.3, -0.25) is 9.59 Å². The zero-order valence-corrected chi connectivity index (χ0v) is 14.0. The number of imidazole rings is 1. The average Bonchev–Trinajstić information content (AvgIpc) is 3.25. The second-order valence-corrected chi connectivity index (χ2v) is 6.70. The molecule has 0 saturated carbocycles. The fourth-order valence-electron chi connectivity index (χ4n) is 2.98. The molecule has 1 amide bonds. The molecule has 0 atom stereocenters. The molecule has 0 aliphatic carbocycles. The first kappa shape index (κ1) is 14.9. The molecule has 0 N–H and O–H groups in total. The molecule has 122 valence electrons. The smallest absolute Gasteiger partial charge is 0.263 e. The van der Waals surface area contributed by atoms with E-state index in [0.717, 1.165) is 11.5 Å². The van der Waals surface area contributed by atoms with Gasteiger partial charge in [-0.1, -0.05) is 6.07 Å². The Morgan fingerprint density at radius 1 is 1.25 bits per heavy atom. The highest BCUT2D eigenvalue weighted by Gasteiger charge is 2.26. The predicted octanol–water partition coefficient (Wildman–Crippen LogP) is 1.97. The van der Waals surface area contributed by atoms with E-state index in [0.29, 0.717) is 19.6 Å². The van der Waals surface area contributed by atoms with E-state index in [1.54, 1.807) is 41.6 Å². The molecule has 0 radical (unpaired) electrons. The van der Waals surface area contributed by atoms with Crippen LogP contribution in [0.4, 0.5) is 0 Å². The number of rotatable bonds is 2. The van der Waals surface area contributed by atoms with Gasteiger partial charge in [0.2, 0.25) is 0 Å². The normalized spacial score (nSPS) is 13.8. The van der Waals surface area contributed by atoms with Gasteiger partial charge in [-0.15, -0.1) is 11.3 Å². The van der Waals surface area contributed by atoms with Crippen LogP contribution in [0, 0.1) is 0 Å². The van der Waals surface area contributed by atoms with E-state index in [9.17, 15) is 9.59 Å². The minimum atomic E-state index is -0.268. The summed E-state index contributed by atoms with van der Waals surface area (Å²) < 4.78 is 3.58. The van der Waals surface area contributed by atoms with Gasteiger partial charge in [0.1, 0.15) is 11.4 Å². The van der Waals surface area contributed by atoms with Crippen molar-refractivity contribution in [3.63, 3.8) is 0 Å². The first-order chi connectivity index (χ1) is 11.6. The van der Waals surface area contributed by atoms with Crippen LogP contribution >= 0.6 is 11.3 Å². The number of hydrogen-bond acceptors (Lipinski definition) is 4. The number of thiophene rings is 1. The zero-order valence-electron chi connectivity index (χ0n) is 13.2. The van der Waals surface area contributed by atoms with Crippen molar-refractivity contribution in [1.82, 2.24) is 19.0 Å². The van der Waals surface area contributed by atoms with Gasteiger partial charge >= 0.3 is 0 Å². The quantitative estimate of drug-likeness (QED) is 0.716. The molecule has 7 heteroatoms. The van der Waals surface area contributed by atoms with Gasteiger partial charge in [0.15, 0.2) is 0 Å². The van der Waals surface area contributed by atoms with Crippen molar-refractivity contribution in [2.75, 3.05) is 6.54 Å². The van der Waals surface area contributed by atoms with Crippen molar-refractivity contribution in [3.05, 3.63) is 63.8 Å². The van der Waals surface area contributed by atoms with Crippen LogP contribution in [0.1, 0.15) is 16.2 Å². The van der Waals surface area contributed by atoms with Gasteiger partial charge in [-0.05, 0) is 23.6 Å². The van der Waals surface area contributed by atoms with Crippen molar-refractivity contribution in [2.24, 2.45) is 7.05 Å². The highest BCUT2D eigenvalue weighted by molar-refractivity contribution is 7.13. The Balaban J connectivity index is 1.62. The van der Waals surface area contributed by atoms with E-state index in [1.165, 1.54) is 9.44 Å². The molecule has 0 spiro atoms. The predicted molar refractivity (Wildman–Crippen MR) is 92.0 cm³/mol. The first-order valence-electron chi connectivity index (χ1n) is 7.68. The van der Waals surface area contributed by atoms with Crippen LogP contribution in [0.15, 0.2) is 46.8 Å². The van der Waals surface area contributed by atoms with Crippen LogP contribution in [-0.2, 0) is 20.1 Å². The number of amides is 1. The molecule has 3 aromatic rings. The zero-order chi connectivity index (χ0) is 16.7. The topological polar surface area (TPSA) is 60.1 Å². The molecule has 0 unspecified atom stereocenters. The third kappa shape index (κ3) is 2.37. The summed E-state index contributed by atoms with van der Waals surface area (Å²) in [4.78, 5) is 32.2. The molecule has 0 aromatic carbocycles. The second kappa shape index (κ2) is 5.76. The molecule has 1 aliphatic heterocycles. The second-order valence-electron chi connectivity index (χ2n) is 5.75. The molecule has 0 fully saturated rings. The van der Waals surface area contributed by atoms with Gasteiger partial charge in [-0.2, -0.15) is 0 Å². The van der Waals surface area contributed by atoms with Crippen LogP contribution in [0.3, 0.4) is 0 Å². The van der Waals surface area contributed by atoms with Gasteiger partial charge in [-0.25, -0.2) is 4.98 Å². The lowest BCUT2D eigenvalue weighted by Crippen LogP contribution is -2.41. The summed E-state index contributed by atoms with van der Waals surface area (Å²) in [6, 6.07) is 7.39. The molecule has 6 nitrogen and oxygen atoms in total. The standard InChI is InChI=1S/C17H16N4O2S/c1-19-6-2-4-12(16(19)22)17(23)20-7-8-21-13(10-18-15(21)11-20)14-5-3-9-24-14/h2-6,9-10H,7-8,11H2,1H3. The summed E-state index contributed by atoms with van der Waals surface area (Å²) >= 11 is 1.68. The lowest BCUT2D eigenvalue weighted by atomic mass is 10.2. The van der Waals surface area contributed by atoms with Gasteiger partial charge < -0.3 is 14.0 Å². The number of nitrogens with zero attached hydrogens (tertiary/aromatic N) is 4. The van der Waals surface area contributed by atoms with Crippen molar-refractivity contribution in [3.8, 4) is 10.6 Å². The third-order valence-corrected chi connectivity index (χ3v) is 5.17. The molecular formula is C17H16N4O2S. The van der Waals surface area contributed by atoms with E-state index < -0.39 is 0 Å². The lowest BCUT2D eigenvalue weighted by Gasteiger charge is -2.28. The fourth-order valence-corrected chi connectivity index (χ4v) is 3.73. The highest BCUT2D eigenvalue weighted by atomic mass is 32.1. The SMILES string of the molecule is Cn1cccc(C(=O)N2CCn3c(-c4cccs4)cnc3C2)c1=O. The molecule has 4 rings (SSSR count). The average molecular weight is 340 g/mol. The fraction of sp³-hybridized carbons (Fsp3) is 0.235. The van der Waals surface area contributed by atoms with E-state index in [4.69, 9.17) is 0 Å². The third-order valence-electron chi connectivity index (χ3n) is 4.28. The molecule has 24 heavy (non-hydrogen) atoms. The maximum atomic E-state index is 12.7. The van der Waals surface area contributed by atoms with E-state index >= 15 is 0 Å². The molecule has 0 saturated heterocycles. The summed E-state index contributed by atoms with van der Waals surface area (Å²) in [5, 5.41) is 2.04. The van der Waals surface area contributed by atoms with Crippen molar-refractivity contribution < 1.29 is 4.79 Å². The number of pyridine rings is 1. The minimum Gasteiger partial charge on any atom is -0.329 e. The summed E-state index contributed by atoms with van der Waals surface area (Å²) in [5.74, 6) is 0.619. The number of aryl methyl sites for hydroxylation is 1. The Bertz CT molecular complexity index is 955. The summed E-state index contributed by atoms with van der Waals surface area (Å²) in [7, 11) is 1.65. The number of carbonyl (C=O) groups is 1. The van der Waals surface area contributed by atoms with Gasteiger partial charge in [0.25, 0.3) is 11.5 Å². The van der Waals surface area contributed by atoms with E-state index in [2.05, 4.69) is 15.6 Å². The van der Waals surface area contributed by atoms with Crippen molar-refractivity contribution in [2.45, 2.75) is 13.1 Å². The summed E-state index contributed by atoms with van der Waals surface area (Å²) in [6.45, 7) is 1.67. The monoisotopic (exact) mass is 340 g/mol. The van der Waals surface area contributed by atoms with Crippen LogP contribution in [0.2, 0.25) is 0 Å². The Morgan fingerprint density at radius 2 is 2.12 bits per heavy atom. The maximum Gasteiger partial charge on any atom is 0.263 e. The Kier molecular flexibility index (Phi) is 3.57. The number of fused-ring (bicyclic) bond motifs is 1. The highest BCUT2D eigenvalue weighted by Crippen LogP contribution is 2.27. The number of carbonyl (C=O) groups excluding carboxylic acids is 1. The Labute approximate surface area is 142 Å². The molecule has 4 heterocycles. The molecular weight excluding hydrogens is 324 g/mol. The van der Waals surface area contributed by atoms with Gasteiger partial charge in [0.05, 0.1) is 23.3 Å². The Hall–Kier alpha value is -2.67. The van der Waals surface area contributed by atoms with Gasteiger partial charge in [0, 0.05) is 26.3 Å². The van der Waals surface area contributed by atoms with E-state index in [-0.39, 0.29) is 17.0 Å². The van der Waals surface area contributed by atoms with Crippen LogP contribution in [-0.4, -0.2) is 31.5 Å². The molecule has 3 aromatic heterocycles. The maximum absolute atomic E-state index is 12.7. The van der Waals surface area contributed by atoms with E-state index in [1.807, 2.05) is 17.6 Å². The number of aromatic nitrogens is 3. The van der Waals surface area contributed by atoms with Crippen molar-refractivity contribution in [1.29, 1.82) is 0 Å².